The third kappa shape index (κ3) is 3.40. The summed E-state index contributed by atoms with van der Waals surface area (Å²) in [5.41, 5.74) is 0.766. The molecule has 0 aliphatic carbocycles. The minimum atomic E-state index is -0.501. The Labute approximate surface area is 111 Å². The number of carbonyl (C=O) groups is 1. The lowest BCUT2D eigenvalue weighted by Gasteiger charge is -2.19. The third-order valence-electron chi connectivity index (χ3n) is 2.29. The van der Waals surface area contributed by atoms with Crippen molar-refractivity contribution in [1.82, 2.24) is 10.1 Å². The minimum absolute atomic E-state index is 0.347. The zero-order valence-electron chi connectivity index (χ0n) is 11.4. The zero-order chi connectivity index (χ0) is 14.0. The van der Waals surface area contributed by atoms with Crippen molar-refractivity contribution in [1.29, 1.82) is 0 Å². The van der Waals surface area contributed by atoms with E-state index >= 15 is 0 Å². The van der Waals surface area contributed by atoms with Crippen LogP contribution in [0.4, 0.5) is 0 Å². The van der Waals surface area contributed by atoms with Gasteiger partial charge >= 0.3 is 5.97 Å². The van der Waals surface area contributed by atoms with Gasteiger partial charge in [-0.25, -0.2) is 4.79 Å². The second-order valence-corrected chi connectivity index (χ2v) is 5.23. The highest BCUT2D eigenvalue weighted by Crippen LogP contribution is 2.19. The van der Waals surface area contributed by atoms with E-state index in [4.69, 9.17) is 9.26 Å². The van der Waals surface area contributed by atoms with Gasteiger partial charge in [0.1, 0.15) is 5.60 Å². The van der Waals surface area contributed by atoms with Crippen molar-refractivity contribution in [2.24, 2.45) is 0 Å². The van der Waals surface area contributed by atoms with Gasteiger partial charge in [0, 0.05) is 5.56 Å². The number of ether oxygens (including phenoxy) is 1. The fraction of sp³-hybridized carbons (Fsp3) is 0.357. The van der Waals surface area contributed by atoms with Crippen molar-refractivity contribution in [3.63, 3.8) is 0 Å². The van der Waals surface area contributed by atoms with E-state index in [0.717, 1.165) is 5.56 Å². The Balaban J connectivity index is 2.17. The molecular formula is C14H16N2O3. The van der Waals surface area contributed by atoms with Gasteiger partial charge in [-0.1, -0.05) is 5.16 Å². The first-order chi connectivity index (χ1) is 8.85. The van der Waals surface area contributed by atoms with Crippen molar-refractivity contribution in [2.75, 3.05) is 0 Å². The molecule has 0 aliphatic heterocycles. The Morgan fingerprint density at radius 1 is 1.21 bits per heavy atom. The molecular weight excluding hydrogens is 244 g/mol. The molecule has 1 heterocycles. The normalized spacial score (nSPS) is 11.4. The van der Waals surface area contributed by atoms with Gasteiger partial charge in [0.2, 0.25) is 0 Å². The van der Waals surface area contributed by atoms with Gasteiger partial charge in [-0.2, -0.15) is 4.98 Å². The van der Waals surface area contributed by atoms with Crippen LogP contribution in [-0.2, 0) is 4.74 Å². The van der Waals surface area contributed by atoms with Crippen LogP contribution >= 0.6 is 0 Å². The van der Waals surface area contributed by atoms with E-state index in [-0.39, 0.29) is 5.97 Å². The molecule has 1 aromatic carbocycles. The van der Waals surface area contributed by atoms with E-state index in [0.29, 0.717) is 17.3 Å². The van der Waals surface area contributed by atoms with Crippen LogP contribution in [0, 0.1) is 6.92 Å². The van der Waals surface area contributed by atoms with Crippen LogP contribution in [0.15, 0.2) is 28.8 Å². The van der Waals surface area contributed by atoms with E-state index in [1.807, 2.05) is 20.8 Å². The molecule has 19 heavy (non-hydrogen) atoms. The molecule has 0 aliphatic rings. The molecule has 0 bridgehead atoms. The molecule has 0 saturated heterocycles. The summed E-state index contributed by atoms with van der Waals surface area (Å²) in [7, 11) is 0. The molecule has 0 saturated carbocycles. The number of hydrogen-bond acceptors (Lipinski definition) is 5. The summed E-state index contributed by atoms with van der Waals surface area (Å²) in [6, 6.07) is 6.88. The molecule has 0 unspecified atom stereocenters. The van der Waals surface area contributed by atoms with Gasteiger partial charge in [-0.3, -0.25) is 0 Å². The third-order valence-corrected chi connectivity index (χ3v) is 2.29. The van der Waals surface area contributed by atoms with Gasteiger partial charge < -0.3 is 9.26 Å². The maximum absolute atomic E-state index is 11.8. The standard InChI is InChI=1S/C14H16N2O3/c1-9-15-12(19-16-9)10-5-7-11(8-6-10)13(17)18-14(2,3)4/h5-8H,1-4H3. The number of hydrogen-bond donors (Lipinski definition) is 0. The number of aromatic nitrogens is 2. The first-order valence-electron chi connectivity index (χ1n) is 5.99. The highest BCUT2D eigenvalue weighted by molar-refractivity contribution is 5.90. The van der Waals surface area contributed by atoms with Crippen LogP contribution in [0.1, 0.15) is 37.0 Å². The SMILES string of the molecule is Cc1noc(-c2ccc(C(=O)OC(C)(C)C)cc2)n1. The van der Waals surface area contributed by atoms with E-state index in [1.165, 1.54) is 0 Å². The number of carbonyl (C=O) groups excluding carboxylic acids is 1. The Bertz CT molecular complexity index is 579. The second-order valence-electron chi connectivity index (χ2n) is 5.23. The number of aryl methyl sites for hydroxylation is 1. The average Bonchev–Trinajstić information content (AvgIpc) is 2.74. The first kappa shape index (κ1) is 13.3. The fourth-order valence-corrected chi connectivity index (χ4v) is 1.50. The van der Waals surface area contributed by atoms with Gasteiger partial charge in [-0.05, 0) is 52.0 Å². The maximum Gasteiger partial charge on any atom is 0.338 e. The predicted octanol–water partition coefficient (Wildman–Crippen LogP) is 3.00. The van der Waals surface area contributed by atoms with Crippen molar-refractivity contribution in [2.45, 2.75) is 33.3 Å². The van der Waals surface area contributed by atoms with E-state index in [9.17, 15) is 4.79 Å². The van der Waals surface area contributed by atoms with E-state index < -0.39 is 5.60 Å². The molecule has 5 heteroatoms. The Morgan fingerprint density at radius 2 is 1.84 bits per heavy atom. The molecule has 1 aromatic heterocycles. The summed E-state index contributed by atoms with van der Waals surface area (Å²) in [6.07, 6.45) is 0. The molecule has 0 N–H and O–H groups in total. The highest BCUT2D eigenvalue weighted by Gasteiger charge is 2.18. The number of nitrogens with zero attached hydrogens (tertiary/aromatic N) is 2. The topological polar surface area (TPSA) is 65.2 Å². The highest BCUT2D eigenvalue weighted by atomic mass is 16.6. The van der Waals surface area contributed by atoms with Crippen LogP contribution in [0.25, 0.3) is 11.5 Å². The van der Waals surface area contributed by atoms with Crippen molar-refractivity contribution in [3.05, 3.63) is 35.7 Å². The first-order valence-corrected chi connectivity index (χ1v) is 5.99. The monoisotopic (exact) mass is 260 g/mol. The Hall–Kier alpha value is -2.17. The molecule has 5 nitrogen and oxygen atoms in total. The number of benzene rings is 1. The lowest BCUT2D eigenvalue weighted by atomic mass is 10.1. The molecule has 0 spiro atoms. The lowest BCUT2D eigenvalue weighted by molar-refractivity contribution is 0.00695. The summed E-state index contributed by atoms with van der Waals surface area (Å²) >= 11 is 0. The van der Waals surface area contributed by atoms with Crippen LogP contribution in [0.2, 0.25) is 0 Å². The van der Waals surface area contributed by atoms with Gasteiger partial charge in [-0.15, -0.1) is 0 Å². The molecule has 0 amide bonds. The van der Waals surface area contributed by atoms with E-state index in [2.05, 4.69) is 10.1 Å². The predicted molar refractivity (Wildman–Crippen MR) is 69.6 cm³/mol. The lowest BCUT2D eigenvalue weighted by Crippen LogP contribution is -2.23. The number of esters is 1. The average molecular weight is 260 g/mol. The largest absolute Gasteiger partial charge is 0.456 e. The van der Waals surface area contributed by atoms with Crippen LogP contribution in [-0.4, -0.2) is 21.7 Å². The van der Waals surface area contributed by atoms with Crippen LogP contribution < -0.4 is 0 Å². The van der Waals surface area contributed by atoms with Gasteiger partial charge in [0.15, 0.2) is 5.82 Å². The van der Waals surface area contributed by atoms with Crippen molar-refractivity contribution >= 4 is 5.97 Å². The summed E-state index contributed by atoms with van der Waals surface area (Å²) in [5.74, 6) is 0.667. The fourth-order valence-electron chi connectivity index (χ4n) is 1.50. The summed E-state index contributed by atoms with van der Waals surface area (Å²) in [4.78, 5) is 16.0. The molecule has 100 valence electrons. The summed E-state index contributed by atoms with van der Waals surface area (Å²) in [5, 5.41) is 3.72. The quantitative estimate of drug-likeness (QED) is 0.776. The smallest absolute Gasteiger partial charge is 0.338 e. The molecule has 2 rings (SSSR count). The molecule has 0 atom stereocenters. The Kier molecular flexibility index (Phi) is 3.38. The van der Waals surface area contributed by atoms with Gasteiger partial charge in [0.25, 0.3) is 5.89 Å². The van der Waals surface area contributed by atoms with Crippen LogP contribution in [0.5, 0.6) is 0 Å². The second kappa shape index (κ2) is 4.84. The van der Waals surface area contributed by atoms with Crippen LogP contribution in [0.3, 0.4) is 0 Å². The zero-order valence-corrected chi connectivity index (χ0v) is 11.4. The molecule has 0 fully saturated rings. The van der Waals surface area contributed by atoms with Crippen molar-refractivity contribution in [3.8, 4) is 11.5 Å². The minimum Gasteiger partial charge on any atom is -0.456 e. The van der Waals surface area contributed by atoms with E-state index in [1.54, 1.807) is 31.2 Å². The summed E-state index contributed by atoms with van der Waals surface area (Å²) in [6.45, 7) is 7.25. The number of rotatable bonds is 2. The molecule has 0 radical (unpaired) electrons. The Morgan fingerprint density at radius 3 is 2.32 bits per heavy atom. The van der Waals surface area contributed by atoms with Gasteiger partial charge in [0.05, 0.1) is 5.56 Å². The molecule has 2 aromatic rings. The summed E-state index contributed by atoms with van der Waals surface area (Å²) < 4.78 is 10.3. The maximum atomic E-state index is 11.8. The van der Waals surface area contributed by atoms with Crippen molar-refractivity contribution < 1.29 is 14.1 Å².